The van der Waals surface area contributed by atoms with Gasteiger partial charge in [-0.3, -0.25) is 9.59 Å². The van der Waals surface area contributed by atoms with E-state index in [1.165, 1.54) is 12.2 Å². The van der Waals surface area contributed by atoms with E-state index in [0.29, 0.717) is 0 Å². The van der Waals surface area contributed by atoms with Crippen molar-refractivity contribution >= 4 is 60.4 Å². The van der Waals surface area contributed by atoms with Crippen molar-refractivity contribution in [3.63, 3.8) is 0 Å². The van der Waals surface area contributed by atoms with Gasteiger partial charge in [-0.05, 0) is 23.0 Å². The Labute approximate surface area is 212 Å². The van der Waals surface area contributed by atoms with E-state index in [1.54, 1.807) is 0 Å². The van der Waals surface area contributed by atoms with E-state index in [1.807, 2.05) is 83.1 Å². The second kappa shape index (κ2) is 12.6. The summed E-state index contributed by atoms with van der Waals surface area (Å²) in [6.07, 6.45) is 2.44. The molecule has 0 heterocycles. The van der Waals surface area contributed by atoms with E-state index in [9.17, 15) is 19.8 Å². The third-order valence-corrected chi connectivity index (χ3v) is 3.48. The van der Waals surface area contributed by atoms with Gasteiger partial charge in [0.2, 0.25) is 0 Å². The van der Waals surface area contributed by atoms with Crippen molar-refractivity contribution < 1.29 is 25.3 Å². The summed E-state index contributed by atoms with van der Waals surface area (Å²) in [4.78, 5) is 22.9. The largest absolute Gasteiger partial charge is 2.00 e. The van der Waals surface area contributed by atoms with Gasteiger partial charge in [0, 0.05) is 10.8 Å². The third-order valence-electron chi connectivity index (χ3n) is 3.48. The molecule has 0 spiro atoms. The summed E-state index contributed by atoms with van der Waals surface area (Å²) in [5.41, 5.74) is -1.83. The molecular weight excluding hydrogens is 482 g/mol. The monoisotopic (exact) mass is 522 g/mol. The fourth-order valence-electron chi connectivity index (χ4n) is 1.10. The normalized spacial score (nSPS) is 13.4. The molecule has 0 rings (SSSR count). The van der Waals surface area contributed by atoms with Gasteiger partial charge in [-0.15, -0.1) is 11.5 Å². The number of hydrogen-bond acceptors (Lipinski definition) is 4. The number of hydrogen-bond donors (Lipinski definition) is 0. The molecule has 0 saturated heterocycles. The van der Waals surface area contributed by atoms with Crippen LogP contribution in [0.2, 0.25) is 0 Å². The molecular formula is C22H40BaO5. The minimum absolute atomic E-state index is 0. The number of carbonyl (C=O) groups is 2. The van der Waals surface area contributed by atoms with Crippen LogP contribution in [-0.4, -0.2) is 65.9 Å². The molecule has 2 N–H and O–H groups in total. The Morgan fingerprint density at radius 2 is 0.714 bits per heavy atom. The Hall–Kier alpha value is -0.0486. The fourth-order valence-corrected chi connectivity index (χ4v) is 1.10. The van der Waals surface area contributed by atoms with Crippen LogP contribution in [0.1, 0.15) is 83.1 Å². The zero-order valence-electron chi connectivity index (χ0n) is 20.0. The van der Waals surface area contributed by atoms with Gasteiger partial charge in [-0.25, -0.2) is 0 Å². The van der Waals surface area contributed by atoms with Crippen LogP contribution in [0.15, 0.2) is 23.7 Å². The first-order chi connectivity index (χ1) is 11.1. The first-order valence-electron chi connectivity index (χ1n) is 8.97. The third kappa shape index (κ3) is 15.8. The van der Waals surface area contributed by atoms with E-state index in [-0.39, 0.29) is 77.4 Å². The predicted molar refractivity (Wildman–Crippen MR) is 113 cm³/mol. The van der Waals surface area contributed by atoms with Crippen LogP contribution >= 0.6 is 0 Å². The maximum Gasteiger partial charge on any atom is 2.00 e. The molecule has 28 heavy (non-hydrogen) atoms. The maximum absolute atomic E-state index is 11.4. The fraction of sp³-hybridized carbons (Fsp3) is 0.727. The summed E-state index contributed by atoms with van der Waals surface area (Å²) in [6.45, 7) is 21.7. The quantitative estimate of drug-likeness (QED) is 0.316. The van der Waals surface area contributed by atoms with E-state index in [0.717, 1.165) is 0 Å². The summed E-state index contributed by atoms with van der Waals surface area (Å²) < 4.78 is 0. The van der Waals surface area contributed by atoms with Gasteiger partial charge >= 0.3 is 48.9 Å². The van der Waals surface area contributed by atoms with Crippen LogP contribution in [-0.2, 0) is 9.59 Å². The minimum atomic E-state index is -0.457. The second-order valence-electron chi connectivity index (χ2n) is 10.7. The molecule has 0 saturated carbocycles. The van der Waals surface area contributed by atoms with Gasteiger partial charge in [0.25, 0.3) is 0 Å². The average molecular weight is 522 g/mol. The molecule has 0 bridgehead atoms. The summed E-state index contributed by atoms with van der Waals surface area (Å²) in [6, 6.07) is 0. The molecule has 0 fully saturated rings. The van der Waals surface area contributed by atoms with Crippen LogP contribution in [0.5, 0.6) is 0 Å². The Morgan fingerprint density at radius 3 is 0.821 bits per heavy atom. The molecule has 0 unspecified atom stereocenters. The van der Waals surface area contributed by atoms with E-state index < -0.39 is 21.7 Å². The van der Waals surface area contributed by atoms with Crippen molar-refractivity contribution in [1.29, 1.82) is 0 Å². The van der Waals surface area contributed by atoms with Crippen LogP contribution in [0.4, 0.5) is 0 Å². The van der Waals surface area contributed by atoms with E-state index in [4.69, 9.17) is 0 Å². The van der Waals surface area contributed by atoms with Crippen LogP contribution in [0, 0.1) is 21.7 Å². The van der Waals surface area contributed by atoms with Crippen molar-refractivity contribution in [3.05, 3.63) is 23.7 Å². The first-order valence-corrected chi connectivity index (χ1v) is 8.97. The van der Waals surface area contributed by atoms with Crippen LogP contribution in [0.3, 0.4) is 0 Å². The van der Waals surface area contributed by atoms with Crippen molar-refractivity contribution in [2.24, 2.45) is 21.7 Å². The van der Waals surface area contributed by atoms with Crippen molar-refractivity contribution in [2.75, 3.05) is 0 Å². The number of rotatable bonds is 2. The van der Waals surface area contributed by atoms with E-state index in [2.05, 4.69) is 0 Å². The molecule has 0 aromatic heterocycles. The Bertz CT molecular complexity index is 508. The molecule has 0 aromatic carbocycles. The summed E-state index contributed by atoms with van der Waals surface area (Å²) >= 11 is 0. The van der Waals surface area contributed by atoms with Gasteiger partial charge in [-0.1, -0.05) is 83.1 Å². The number of ketones is 2. The zero-order valence-corrected chi connectivity index (χ0v) is 24.4. The van der Waals surface area contributed by atoms with Gasteiger partial charge in [0.05, 0.1) is 0 Å². The Morgan fingerprint density at radius 1 is 0.536 bits per heavy atom. The number of carbonyl (C=O) groups excluding carboxylic acids is 2. The molecule has 6 heteroatoms. The van der Waals surface area contributed by atoms with Crippen molar-refractivity contribution in [1.82, 2.24) is 0 Å². The first kappa shape index (κ1) is 35.4. The topological polar surface area (TPSA) is 112 Å². The molecule has 5 nitrogen and oxygen atoms in total. The van der Waals surface area contributed by atoms with Gasteiger partial charge in [0.1, 0.15) is 0 Å². The summed E-state index contributed by atoms with van der Waals surface area (Å²) in [7, 11) is 0. The molecule has 0 amide bonds. The molecule has 0 aliphatic heterocycles. The van der Waals surface area contributed by atoms with Crippen molar-refractivity contribution in [2.45, 2.75) is 83.1 Å². The van der Waals surface area contributed by atoms with Crippen LogP contribution < -0.4 is 10.2 Å². The average Bonchev–Trinajstić information content (AvgIpc) is 2.34. The SMILES string of the molecule is CC(C)(C)C(=O)/C=C(\[O-])C(C)(C)C.CC(C)(C)C(=O)/C=C(\[O-])C(C)(C)C.O.[Ba+2]. The molecule has 160 valence electrons. The standard InChI is InChI=1S/2C11H20O2.Ba.H2O/c2*1-10(2,3)8(12)7-9(13)11(4,5)6;;/h2*7,12H,1-6H3;;1H2/q;;+2;/p-2/b2*8-7-;;. The zero-order chi connectivity index (χ0) is 21.7. The minimum Gasteiger partial charge on any atom is -0.875 e. The van der Waals surface area contributed by atoms with Gasteiger partial charge in [0.15, 0.2) is 11.6 Å². The van der Waals surface area contributed by atoms with E-state index >= 15 is 0 Å². The van der Waals surface area contributed by atoms with Gasteiger partial charge < -0.3 is 15.7 Å². The molecule has 0 radical (unpaired) electrons. The second-order valence-corrected chi connectivity index (χ2v) is 10.7. The molecule has 0 aliphatic carbocycles. The Kier molecular flexibility index (Phi) is 15.9. The predicted octanol–water partition coefficient (Wildman–Crippen LogP) is 2.58. The number of allylic oxidation sites excluding steroid dienone is 4. The Balaban J connectivity index is -0.000000192. The molecule has 0 atom stereocenters. The summed E-state index contributed by atoms with van der Waals surface area (Å²) in [5.74, 6) is -0.417. The van der Waals surface area contributed by atoms with Crippen molar-refractivity contribution in [3.8, 4) is 0 Å². The van der Waals surface area contributed by atoms with Crippen LogP contribution in [0.25, 0.3) is 0 Å². The molecule has 0 aromatic rings. The molecule has 0 aliphatic rings. The smallest absolute Gasteiger partial charge is 0.875 e. The van der Waals surface area contributed by atoms with Gasteiger partial charge in [-0.2, -0.15) is 0 Å². The summed E-state index contributed by atoms with van der Waals surface area (Å²) in [5, 5.41) is 22.9. The maximum atomic E-state index is 11.4.